The first kappa shape index (κ1) is 11.5. The van der Waals surface area contributed by atoms with Crippen LogP contribution in [0.1, 0.15) is 10.4 Å². The Bertz CT molecular complexity index is 421. The van der Waals surface area contributed by atoms with Crippen LogP contribution >= 0.6 is 0 Å². The van der Waals surface area contributed by atoms with Crippen LogP contribution in [0, 0.1) is 0 Å². The molecular weight excluding hydrogens is 222 g/mol. The summed E-state index contributed by atoms with van der Waals surface area (Å²) in [5, 5.41) is 11.3. The van der Waals surface area contributed by atoms with Gasteiger partial charge in [0.15, 0.2) is 0 Å². The molecule has 0 bridgehead atoms. The molecule has 0 aliphatic carbocycles. The number of hydrogen-bond donors (Lipinski definition) is 3. The second-order valence-electron chi connectivity index (χ2n) is 2.52. The maximum atomic E-state index is 10.7. The van der Waals surface area contributed by atoms with Crippen molar-refractivity contribution in [2.75, 3.05) is 12.0 Å². The average Bonchev–Trinajstić information content (AvgIpc) is 2.17. The lowest BCUT2D eigenvalue weighted by atomic mass is 10.2. The number of carbonyl (C=O) groups is 1. The van der Waals surface area contributed by atoms with Crippen LogP contribution in [0.15, 0.2) is 24.3 Å². The van der Waals surface area contributed by atoms with E-state index in [0.29, 0.717) is 5.69 Å². The number of anilines is 1. The van der Waals surface area contributed by atoms with E-state index in [2.05, 4.69) is 9.50 Å². The molecule has 0 amide bonds. The highest BCUT2D eigenvalue weighted by atomic mass is 32.2. The third kappa shape index (κ3) is 3.56. The van der Waals surface area contributed by atoms with Crippen molar-refractivity contribution in [2.45, 2.75) is 0 Å². The molecule has 7 heteroatoms. The lowest BCUT2D eigenvalue weighted by molar-refractivity contribution is 0.0698. The SMILES string of the molecule is O=C(O)c1ccccc1NCO[SH](=O)=O. The summed E-state index contributed by atoms with van der Waals surface area (Å²) >= 11 is 0. The predicted molar refractivity (Wildman–Crippen MR) is 53.3 cm³/mol. The van der Waals surface area contributed by atoms with Crippen molar-refractivity contribution in [3.05, 3.63) is 29.8 Å². The van der Waals surface area contributed by atoms with Gasteiger partial charge in [-0.1, -0.05) is 12.1 Å². The van der Waals surface area contributed by atoms with E-state index in [4.69, 9.17) is 5.11 Å². The first-order valence-corrected chi connectivity index (χ1v) is 5.04. The molecule has 0 aromatic heterocycles. The fourth-order valence-corrected chi connectivity index (χ4v) is 1.16. The van der Waals surface area contributed by atoms with Crippen molar-refractivity contribution in [1.29, 1.82) is 0 Å². The molecule has 1 rings (SSSR count). The number of carboxylic acid groups (broad SMARTS) is 1. The van der Waals surface area contributed by atoms with Gasteiger partial charge < -0.3 is 10.4 Å². The zero-order valence-electron chi connectivity index (χ0n) is 7.54. The van der Waals surface area contributed by atoms with Gasteiger partial charge in [0.2, 0.25) is 0 Å². The second kappa shape index (κ2) is 5.32. The van der Waals surface area contributed by atoms with E-state index in [1.54, 1.807) is 12.1 Å². The monoisotopic (exact) mass is 231 g/mol. The van der Waals surface area contributed by atoms with Crippen LogP contribution in [-0.4, -0.2) is 26.2 Å². The van der Waals surface area contributed by atoms with Gasteiger partial charge in [-0.2, -0.15) is 0 Å². The molecule has 15 heavy (non-hydrogen) atoms. The van der Waals surface area contributed by atoms with Crippen molar-refractivity contribution < 1.29 is 22.5 Å². The highest BCUT2D eigenvalue weighted by molar-refractivity contribution is 7.67. The molecule has 82 valence electrons. The predicted octanol–water partition coefficient (Wildman–Crippen LogP) is 0.297. The zero-order chi connectivity index (χ0) is 11.3. The molecule has 0 atom stereocenters. The molecule has 0 fully saturated rings. The van der Waals surface area contributed by atoms with Crippen LogP contribution in [-0.2, 0) is 15.2 Å². The summed E-state index contributed by atoms with van der Waals surface area (Å²) in [7, 11) is -2.93. The first-order chi connectivity index (χ1) is 7.11. The Morgan fingerprint density at radius 3 is 2.67 bits per heavy atom. The summed E-state index contributed by atoms with van der Waals surface area (Å²) in [5.41, 5.74) is 0.365. The molecular formula is C8H9NO5S. The van der Waals surface area contributed by atoms with Crippen LogP contribution in [0.5, 0.6) is 0 Å². The lowest BCUT2D eigenvalue weighted by Gasteiger charge is -2.06. The molecule has 0 saturated heterocycles. The van der Waals surface area contributed by atoms with Crippen molar-refractivity contribution in [2.24, 2.45) is 0 Å². The topological polar surface area (TPSA) is 92.7 Å². The lowest BCUT2D eigenvalue weighted by Crippen LogP contribution is -2.09. The number of nitrogens with one attached hydrogen (secondary N) is 1. The van der Waals surface area contributed by atoms with Gasteiger partial charge in [-0.05, 0) is 12.1 Å². The number of aromatic carboxylic acids is 1. The van der Waals surface area contributed by atoms with Crippen molar-refractivity contribution in [3.63, 3.8) is 0 Å². The maximum absolute atomic E-state index is 10.7. The van der Waals surface area contributed by atoms with Gasteiger partial charge in [-0.3, -0.25) is 4.18 Å². The van der Waals surface area contributed by atoms with Gasteiger partial charge in [0.25, 0.3) is 11.0 Å². The van der Waals surface area contributed by atoms with Crippen LogP contribution in [0.2, 0.25) is 0 Å². The van der Waals surface area contributed by atoms with Gasteiger partial charge in [0.1, 0.15) is 6.73 Å². The minimum Gasteiger partial charge on any atom is -0.478 e. The maximum Gasteiger partial charge on any atom is 0.337 e. The van der Waals surface area contributed by atoms with E-state index in [1.165, 1.54) is 12.1 Å². The average molecular weight is 231 g/mol. The molecule has 0 aliphatic heterocycles. The Morgan fingerprint density at radius 2 is 2.07 bits per heavy atom. The minimum absolute atomic E-state index is 0.0576. The fraction of sp³-hybridized carbons (Fsp3) is 0.125. The third-order valence-corrected chi connectivity index (χ3v) is 1.93. The van der Waals surface area contributed by atoms with Crippen LogP contribution in [0.25, 0.3) is 0 Å². The first-order valence-electron chi connectivity index (χ1n) is 3.95. The van der Waals surface area contributed by atoms with Gasteiger partial charge >= 0.3 is 5.97 Å². The number of para-hydroxylation sites is 1. The summed E-state index contributed by atoms with van der Waals surface area (Å²) in [6, 6.07) is 6.13. The molecule has 1 aromatic carbocycles. The fourth-order valence-electron chi connectivity index (χ4n) is 0.986. The van der Waals surface area contributed by atoms with Crippen LogP contribution in [0.3, 0.4) is 0 Å². The van der Waals surface area contributed by atoms with E-state index < -0.39 is 17.0 Å². The Morgan fingerprint density at radius 1 is 1.40 bits per heavy atom. The molecule has 1 aromatic rings. The highest BCUT2D eigenvalue weighted by Crippen LogP contribution is 2.14. The summed E-state index contributed by atoms with van der Waals surface area (Å²) in [6.45, 7) is -0.289. The van der Waals surface area contributed by atoms with E-state index in [-0.39, 0.29) is 12.3 Å². The molecule has 0 aliphatic rings. The van der Waals surface area contributed by atoms with Gasteiger partial charge in [0.05, 0.1) is 11.3 Å². The number of thiol groups is 1. The van der Waals surface area contributed by atoms with Crippen molar-refractivity contribution in [1.82, 2.24) is 0 Å². The summed E-state index contributed by atoms with van der Waals surface area (Å²) < 4.78 is 24.4. The van der Waals surface area contributed by atoms with E-state index in [1.807, 2.05) is 0 Å². The van der Waals surface area contributed by atoms with E-state index >= 15 is 0 Å². The highest BCUT2D eigenvalue weighted by Gasteiger charge is 2.07. The summed E-state index contributed by atoms with van der Waals surface area (Å²) in [4.78, 5) is 10.7. The molecule has 0 radical (unpaired) electrons. The van der Waals surface area contributed by atoms with Gasteiger partial charge in [-0.25, -0.2) is 13.2 Å². The third-order valence-electron chi connectivity index (χ3n) is 1.59. The second-order valence-corrected chi connectivity index (χ2v) is 3.23. The Labute approximate surface area is 87.6 Å². The van der Waals surface area contributed by atoms with Crippen LogP contribution in [0.4, 0.5) is 5.69 Å². The Balaban J connectivity index is 2.71. The van der Waals surface area contributed by atoms with Gasteiger partial charge in [0, 0.05) is 0 Å². The van der Waals surface area contributed by atoms with Crippen LogP contribution < -0.4 is 5.32 Å². The zero-order valence-corrected chi connectivity index (χ0v) is 8.44. The van der Waals surface area contributed by atoms with Crippen molar-refractivity contribution >= 4 is 22.6 Å². The number of benzene rings is 1. The van der Waals surface area contributed by atoms with Crippen molar-refractivity contribution in [3.8, 4) is 0 Å². The summed E-state index contributed by atoms with van der Waals surface area (Å²) in [5.74, 6) is -1.09. The standard InChI is InChI=1S/C8H9NO5S/c10-8(11)6-3-1-2-4-7(6)9-5-14-15(12)13/h1-4,9,15H,5H2,(H,10,11). The Hall–Kier alpha value is -1.60. The van der Waals surface area contributed by atoms with Gasteiger partial charge in [-0.15, -0.1) is 0 Å². The Kier molecular flexibility index (Phi) is 4.07. The number of rotatable bonds is 5. The number of carboxylic acids is 1. The number of hydrogen-bond acceptors (Lipinski definition) is 5. The summed E-state index contributed by atoms with van der Waals surface area (Å²) in [6.07, 6.45) is 0. The molecule has 2 N–H and O–H groups in total. The van der Waals surface area contributed by atoms with E-state index in [9.17, 15) is 13.2 Å². The quantitative estimate of drug-likeness (QED) is 0.498. The normalized spacial score (nSPS) is 10.2. The molecule has 0 saturated carbocycles. The minimum atomic E-state index is -2.93. The van der Waals surface area contributed by atoms with E-state index in [0.717, 1.165) is 0 Å². The smallest absolute Gasteiger partial charge is 0.337 e. The largest absolute Gasteiger partial charge is 0.478 e. The molecule has 0 unspecified atom stereocenters. The molecule has 0 spiro atoms. The molecule has 0 heterocycles. The molecule has 6 nitrogen and oxygen atoms in total.